The number of ether oxygens (including phenoxy) is 2. The number of Topliss-reactive ketones (excluding diaryl/α,β-unsaturated/α-hetero) is 2. The topological polar surface area (TPSA) is 93.1 Å². The van der Waals surface area contributed by atoms with Gasteiger partial charge in [-0.2, -0.15) is 0 Å². The fraction of sp³-hybridized carbons (Fsp3) is 0.424. The van der Waals surface area contributed by atoms with E-state index in [0.29, 0.717) is 62.3 Å². The normalized spacial score (nSPS) is 19.8. The van der Waals surface area contributed by atoms with Gasteiger partial charge in [-0.3, -0.25) is 14.4 Å². The molecule has 43 heavy (non-hydrogen) atoms. The van der Waals surface area contributed by atoms with Gasteiger partial charge >= 0.3 is 5.97 Å². The summed E-state index contributed by atoms with van der Waals surface area (Å²) in [6.07, 6.45) is 1.55. The molecule has 0 bridgehead atoms. The highest BCUT2D eigenvalue weighted by atomic mass is 35.5. The van der Waals surface area contributed by atoms with Gasteiger partial charge in [-0.25, -0.2) is 0 Å². The second-order valence-electron chi connectivity index (χ2n) is 13.1. The number of halogens is 3. The summed E-state index contributed by atoms with van der Waals surface area (Å²) in [5, 5.41) is 11.1. The Morgan fingerprint density at radius 3 is 2.00 bits per heavy atom. The third-order valence-electron chi connectivity index (χ3n) is 8.29. The van der Waals surface area contributed by atoms with E-state index in [9.17, 15) is 19.5 Å². The van der Waals surface area contributed by atoms with Gasteiger partial charge < -0.3 is 19.5 Å². The molecule has 5 rings (SSSR count). The van der Waals surface area contributed by atoms with Gasteiger partial charge in [-0.05, 0) is 53.5 Å². The van der Waals surface area contributed by atoms with Crippen molar-refractivity contribution in [1.29, 1.82) is 0 Å². The second kappa shape index (κ2) is 11.5. The molecule has 2 aliphatic carbocycles. The van der Waals surface area contributed by atoms with Crippen molar-refractivity contribution in [2.45, 2.75) is 65.9 Å². The lowest BCUT2D eigenvalue weighted by molar-refractivity contribution is -0.138. The zero-order valence-electron chi connectivity index (χ0n) is 24.8. The molecule has 1 heterocycles. The highest BCUT2D eigenvalue weighted by molar-refractivity contribution is 6.35. The lowest BCUT2D eigenvalue weighted by Crippen LogP contribution is -2.45. The Morgan fingerprint density at radius 1 is 0.907 bits per heavy atom. The fourth-order valence-electron chi connectivity index (χ4n) is 6.54. The minimum atomic E-state index is -1.03. The molecule has 0 spiro atoms. The summed E-state index contributed by atoms with van der Waals surface area (Å²) in [6.45, 7) is 7.78. The third-order valence-corrected chi connectivity index (χ3v) is 9.16. The van der Waals surface area contributed by atoms with Crippen LogP contribution in [0, 0.1) is 10.8 Å². The molecule has 0 fully saturated rings. The second-order valence-corrected chi connectivity index (χ2v) is 14.3. The average molecular weight is 647 g/mol. The number of aliphatic carboxylic acids is 1. The van der Waals surface area contributed by atoms with E-state index in [1.165, 1.54) is 7.11 Å². The molecule has 2 aromatic rings. The molecule has 0 atom stereocenters. The lowest BCUT2D eigenvalue weighted by Gasteiger charge is -2.48. The number of benzene rings is 2. The van der Waals surface area contributed by atoms with Crippen molar-refractivity contribution in [2.75, 3.05) is 13.7 Å². The van der Waals surface area contributed by atoms with Gasteiger partial charge in [0.05, 0.1) is 12.1 Å². The smallest absolute Gasteiger partial charge is 0.323 e. The number of methoxy groups -OCH3 is 1. The Balaban J connectivity index is 1.66. The van der Waals surface area contributed by atoms with Gasteiger partial charge in [0, 0.05) is 56.9 Å². The molecule has 3 aliphatic rings. The summed E-state index contributed by atoms with van der Waals surface area (Å²) in [5.41, 5.74) is 2.78. The molecule has 10 heteroatoms. The van der Waals surface area contributed by atoms with Crippen LogP contribution >= 0.6 is 34.8 Å². The van der Waals surface area contributed by atoms with Crippen LogP contribution in [0.2, 0.25) is 15.1 Å². The summed E-state index contributed by atoms with van der Waals surface area (Å²) in [4.78, 5) is 41.6. The summed E-state index contributed by atoms with van der Waals surface area (Å²) in [5.74, 6) is -1.34. The van der Waals surface area contributed by atoms with Crippen molar-refractivity contribution in [3.05, 3.63) is 79.1 Å². The molecule has 228 valence electrons. The molecule has 2 aromatic carbocycles. The van der Waals surface area contributed by atoms with Crippen LogP contribution in [-0.4, -0.2) is 41.2 Å². The number of carboxylic acid groups (broad SMARTS) is 1. The number of ketones is 2. The number of carbonyl (C=O) groups excluding carboxylic acids is 2. The number of hydrogen-bond donors (Lipinski definition) is 1. The van der Waals surface area contributed by atoms with Gasteiger partial charge in [0.2, 0.25) is 0 Å². The zero-order chi connectivity index (χ0) is 31.4. The Kier molecular flexibility index (Phi) is 8.40. The van der Waals surface area contributed by atoms with Gasteiger partial charge in [0.1, 0.15) is 13.2 Å². The van der Waals surface area contributed by atoms with E-state index < -0.39 is 11.9 Å². The van der Waals surface area contributed by atoms with Crippen LogP contribution in [0.5, 0.6) is 11.5 Å². The van der Waals surface area contributed by atoms with E-state index in [0.717, 1.165) is 0 Å². The highest BCUT2D eigenvalue weighted by Crippen LogP contribution is 2.55. The van der Waals surface area contributed by atoms with Gasteiger partial charge in [0.25, 0.3) is 0 Å². The number of carbonyl (C=O) groups is 3. The molecule has 0 saturated heterocycles. The average Bonchev–Trinajstić information content (AvgIpc) is 2.87. The number of carboxylic acids is 1. The monoisotopic (exact) mass is 645 g/mol. The van der Waals surface area contributed by atoms with Crippen molar-refractivity contribution in [2.24, 2.45) is 10.8 Å². The highest BCUT2D eigenvalue weighted by Gasteiger charge is 2.49. The van der Waals surface area contributed by atoms with Gasteiger partial charge in [0.15, 0.2) is 23.1 Å². The molecule has 1 N–H and O–H groups in total. The van der Waals surface area contributed by atoms with Gasteiger partial charge in [-0.1, -0.05) is 68.6 Å². The Hall–Kier alpha value is -3.00. The number of rotatable bonds is 7. The van der Waals surface area contributed by atoms with Crippen LogP contribution in [0.25, 0.3) is 0 Å². The van der Waals surface area contributed by atoms with Crippen LogP contribution < -0.4 is 9.47 Å². The molecule has 0 unspecified atom stereocenters. The minimum Gasteiger partial charge on any atom is -0.493 e. The van der Waals surface area contributed by atoms with Crippen LogP contribution in [0.4, 0.5) is 0 Å². The molecule has 7 nitrogen and oxygen atoms in total. The van der Waals surface area contributed by atoms with E-state index in [1.807, 2.05) is 27.7 Å². The van der Waals surface area contributed by atoms with E-state index in [2.05, 4.69) is 0 Å². The number of allylic oxidation sites excluding steroid dienone is 4. The Labute approximate surface area is 266 Å². The maximum absolute atomic E-state index is 13.9. The molecule has 0 amide bonds. The van der Waals surface area contributed by atoms with Gasteiger partial charge in [-0.15, -0.1) is 0 Å². The van der Waals surface area contributed by atoms with E-state index in [1.54, 1.807) is 35.2 Å². The molecule has 0 radical (unpaired) electrons. The van der Waals surface area contributed by atoms with E-state index in [-0.39, 0.29) is 59.2 Å². The van der Waals surface area contributed by atoms with E-state index in [4.69, 9.17) is 44.3 Å². The summed E-state index contributed by atoms with van der Waals surface area (Å²) < 4.78 is 11.8. The van der Waals surface area contributed by atoms with Crippen LogP contribution in [-0.2, 0) is 21.0 Å². The van der Waals surface area contributed by atoms with Crippen LogP contribution in [0.3, 0.4) is 0 Å². The van der Waals surface area contributed by atoms with Crippen LogP contribution in [0.15, 0.2) is 52.9 Å². The number of nitrogens with zero attached hydrogens (tertiary/aromatic N) is 1. The first kappa shape index (κ1) is 31.4. The molecule has 0 aromatic heterocycles. The predicted octanol–water partition coefficient (Wildman–Crippen LogP) is 8.00. The molecular formula is C33H34Cl3NO6. The summed E-state index contributed by atoms with van der Waals surface area (Å²) >= 11 is 19.2. The van der Waals surface area contributed by atoms with E-state index >= 15 is 0 Å². The van der Waals surface area contributed by atoms with Crippen molar-refractivity contribution >= 4 is 52.3 Å². The lowest BCUT2D eigenvalue weighted by atomic mass is 9.63. The molecule has 1 aliphatic heterocycles. The first-order valence-corrected chi connectivity index (χ1v) is 15.2. The largest absolute Gasteiger partial charge is 0.493 e. The minimum absolute atomic E-state index is 0.102. The maximum Gasteiger partial charge on any atom is 0.323 e. The van der Waals surface area contributed by atoms with Crippen molar-refractivity contribution in [3.8, 4) is 11.5 Å². The fourth-order valence-corrected chi connectivity index (χ4v) is 7.28. The number of hydrogen-bond acceptors (Lipinski definition) is 6. The third kappa shape index (κ3) is 6.17. The van der Waals surface area contributed by atoms with Crippen molar-refractivity contribution in [1.82, 2.24) is 4.90 Å². The summed E-state index contributed by atoms with van der Waals surface area (Å²) in [7, 11) is 1.49. The first-order chi connectivity index (χ1) is 20.1. The Morgan fingerprint density at radius 2 is 1.49 bits per heavy atom. The van der Waals surface area contributed by atoms with Crippen molar-refractivity contribution < 1.29 is 29.0 Å². The first-order valence-electron chi connectivity index (χ1n) is 14.1. The predicted molar refractivity (Wildman–Crippen MR) is 166 cm³/mol. The molecular weight excluding hydrogens is 613 g/mol. The SMILES string of the molecule is COc1cc(C2C3=C(CC(C)(C)CC3=O)N(CC(=O)O)C3=C2C(=O)CC(C)(C)C3)cc(Cl)c1OCc1ccc(Cl)cc1Cl. The quantitative estimate of drug-likeness (QED) is 0.326. The standard InChI is InChI=1S/C33H34Cl3NO6/c1-32(2)11-22-29(24(38)13-32)28(30-23(37(22)15-27(40)41)12-33(3,4)14-25(30)39)18-8-21(36)31(26(9-18)42-5)43-16-17-6-7-19(34)10-20(17)35/h6-10,28H,11-16H2,1-5H3,(H,40,41). The van der Waals surface area contributed by atoms with Crippen LogP contribution in [0.1, 0.15) is 70.4 Å². The maximum atomic E-state index is 13.9. The summed E-state index contributed by atoms with van der Waals surface area (Å²) in [6, 6.07) is 8.56. The van der Waals surface area contributed by atoms with Crippen molar-refractivity contribution in [3.63, 3.8) is 0 Å². The molecule has 0 saturated carbocycles. The zero-order valence-corrected chi connectivity index (χ0v) is 27.0. The Bertz CT molecular complexity index is 1550.